The maximum atomic E-state index is 12.1. The first-order valence-corrected chi connectivity index (χ1v) is 9.39. The molecule has 0 bridgehead atoms. The fraction of sp³-hybridized carbons (Fsp3) is 0.364. The van der Waals surface area contributed by atoms with E-state index in [1.54, 1.807) is 0 Å². The summed E-state index contributed by atoms with van der Waals surface area (Å²) in [5.74, 6) is 0.358. The summed E-state index contributed by atoms with van der Waals surface area (Å²) in [7, 11) is 0. The molecule has 0 heterocycles. The summed E-state index contributed by atoms with van der Waals surface area (Å²) in [5, 5.41) is 6.03. The van der Waals surface area contributed by atoms with Gasteiger partial charge in [0.05, 0.1) is 0 Å². The molecule has 0 fully saturated rings. The number of nitrogens with one attached hydrogen (secondary N) is 2. The topological polar surface area (TPSA) is 50.4 Å². The smallest absolute Gasteiger partial charge is 0.264 e. The van der Waals surface area contributed by atoms with Crippen molar-refractivity contribution in [3.8, 4) is 5.75 Å². The van der Waals surface area contributed by atoms with Gasteiger partial charge >= 0.3 is 0 Å². The molecule has 0 saturated carbocycles. The minimum absolute atomic E-state index is 0.0833. The number of carbonyl (C=O) groups is 1. The molecule has 2 rings (SSSR count). The Morgan fingerprint density at radius 3 is 2.11 bits per heavy atom. The van der Waals surface area contributed by atoms with Crippen LogP contribution in [-0.2, 0) is 10.2 Å². The molecule has 1 amide bonds. The van der Waals surface area contributed by atoms with Crippen molar-refractivity contribution >= 4 is 28.9 Å². The predicted molar refractivity (Wildman–Crippen MR) is 116 cm³/mol. The van der Waals surface area contributed by atoms with E-state index in [1.807, 2.05) is 38.1 Å². The normalized spacial score (nSPS) is 11.0. The minimum Gasteiger partial charge on any atom is -0.484 e. The van der Waals surface area contributed by atoms with E-state index in [2.05, 4.69) is 50.5 Å². The number of ether oxygens (including phenoxy) is 1. The number of hydrogen-bond acceptors (Lipinski definition) is 3. The predicted octanol–water partition coefficient (Wildman–Crippen LogP) is 4.80. The molecule has 0 aromatic heterocycles. The number of anilines is 1. The molecule has 2 N–H and O–H groups in total. The highest BCUT2D eigenvalue weighted by molar-refractivity contribution is 7.80. The Labute approximate surface area is 167 Å². The van der Waals surface area contributed by atoms with Gasteiger partial charge in [0.15, 0.2) is 11.7 Å². The minimum atomic E-state index is -0.296. The zero-order valence-corrected chi connectivity index (χ0v) is 17.7. The monoisotopic (exact) mass is 384 g/mol. The van der Waals surface area contributed by atoms with Crippen LogP contribution < -0.4 is 15.4 Å². The number of rotatable bonds is 4. The second-order valence-electron chi connectivity index (χ2n) is 7.84. The summed E-state index contributed by atoms with van der Waals surface area (Å²) in [6.45, 7) is 12.4. The fourth-order valence-electron chi connectivity index (χ4n) is 2.88. The summed E-state index contributed by atoms with van der Waals surface area (Å²) in [4.78, 5) is 12.1. The van der Waals surface area contributed by atoms with Crippen LogP contribution in [0.5, 0.6) is 5.75 Å². The molecule has 27 heavy (non-hydrogen) atoms. The van der Waals surface area contributed by atoms with E-state index in [0.717, 1.165) is 16.8 Å². The van der Waals surface area contributed by atoms with Gasteiger partial charge in [-0.05, 0) is 67.2 Å². The summed E-state index contributed by atoms with van der Waals surface area (Å²) in [6, 6.07) is 11.9. The van der Waals surface area contributed by atoms with E-state index in [4.69, 9.17) is 17.0 Å². The molecule has 0 aliphatic heterocycles. The van der Waals surface area contributed by atoms with E-state index < -0.39 is 0 Å². The number of benzene rings is 2. The Morgan fingerprint density at radius 1 is 1.04 bits per heavy atom. The van der Waals surface area contributed by atoms with Crippen LogP contribution in [0, 0.1) is 20.8 Å². The van der Waals surface area contributed by atoms with Crippen LogP contribution in [-0.4, -0.2) is 17.6 Å². The lowest BCUT2D eigenvalue weighted by atomic mass is 9.87. The van der Waals surface area contributed by atoms with E-state index in [1.165, 1.54) is 11.1 Å². The van der Waals surface area contributed by atoms with E-state index in [9.17, 15) is 4.79 Å². The van der Waals surface area contributed by atoms with Gasteiger partial charge in [0.2, 0.25) is 0 Å². The number of thiocarbonyl (C=S) groups is 1. The zero-order valence-electron chi connectivity index (χ0n) is 16.9. The van der Waals surface area contributed by atoms with Crippen molar-refractivity contribution in [2.45, 2.75) is 47.0 Å². The molecule has 4 nitrogen and oxygen atoms in total. The van der Waals surface area contributed by atoms with Crippen molar-refractivity contribution in [1.82, 2.24) is 5.32 Å². The quantitative estimate of drug-likeness (QED) is 0.744. The molecule has 0 aliphatic carbocycles. The van der Waals surface area contributed by atoms with Gasteiger partial charge in [-0.15, -0.1) is 0 Å². The highest BCUT2D eigenvalue weighted by Gasteiger charge is 2.13. The Kier molecular flexibility index (Phi) is 6.60. The van der Waals surface area contributed by atoms with E-state index in [-0.39, 0.29) is 23.0 Å². The van der Waals surface area contributed by atoms with Crippen LogP contribution in [0.1, 0.15) is 43.0 Å². The molecule has 2 aromatic rings. The lowest BCUT2D eigenvalue weighted by Gasteiger charge is -2.19. The lowest BCUT2D eigenvalue weighted by Crippen LogP contribution is -2.37. The molecule has 0 saturated heterocycles. The molecule has 5 heteroatoms. The van der Waals surface area contributed by atoms with Crippen LogP contribution in [0.15, 0.2) is 36.4 Å². The number of aryl methyl sites for hydroxylation is 3. The summed E-state index contributed by atoms with van der Waals surface area (Å²) < 4.78 is 5.55. The van der Waals surface area contributed by atoms with Gasteiger partial charge in [-0.2, -0.15) is 0 Å². The Morgan fingerprint density at radius 2 is 1.59 bits per heavy atom. The molecule has 0 aliphatic rings. The van der Waals surface area contributed by atoms with Gasteiger partial charge in [-0.25, -0.2) is 0 Å². The first-order chi connectivity index (χ1) is 12.6. The van der Waals surface area contributed by atoms with E-state index >= 15 is 0 Å². The summed E-state index contributed by atoms with van der Waals surface area (Å²) in [6.07, 6.45) is 0. The Bertz CT molecular complexity index is 813. The standard InChI is InChI=1S/C22H28N2O2S/c1-14-11-15(2)20(16(3)12-14)24-21(27)23-19(25)13-26-18-9-7-17(8-10-18)22(4,5)6/h7-12H,13H2,1-6H3,(H2,23,24,25,27). The molecule has 2 aromatic carbocycles. The molecule has 144 valence electrons. The van der Waals surface area contributed by atoms with Gasteiger partial charge in [0, 0.05) is 5.69 Å². The van der Waals surface area contributed by atoms with Crippen molar-refractivity contribution in [3.63, 3.8) is 0 Å². The van der Waals surface area contributed by atoms with Gasteiger partial charge in [-0.1, -0.05) is 50.6 Å². The van der Waals surface area contributed by atoms with Gasteiger partial charge in [0.1, 0.15) is 5.75 Å². The Balaban J connectivity index is 1.88. The van der Waals surface area contributed by atoms with Gasteiger partial charge in [-0.3, -0.25) is 10.1 Å². The van der Waals surface area contributed by atoms with Crippen LogP contribution in [0.2, 0.25) is 0 Å². The van der Waals surface area contributed by atoms with Crippen molar-refractivity contribution in [2.24, 2.45) is 0 Å². The van der Waals surface area contributed by atoms with Crippen molar-refractivity contribution in [2.75, 3.05) is 11.9 Å². The largest absolute Gasteiger partial charge is 0.484 e. The van der Waals surface area contributed by atoms with Crippen LogP contribution in [0.4, 0.5) is 5.69 Å². The van der Waals surface area contributed by atoms with Crippen molar-refractivity contribution < 1.29 is 9.53 Å². The summed E-state index contributed by atoms with van der Waals surface area (Å²) in [5.41, 5.74) is 5.58. The third kappa shape index (κ3) is 6.07. The first kappa shape index (κ1) is 20.9. The van der Waals surface area contributed by atoms with Gasteiger partial charge in [0.25, 0.3) is 5.91 Å². The summed E-state index contributed by atoms with van der Waals surface area (Å²) >= 11 is 5.25. The van der Waals surface area contributed by atoms with Gasteiger partial charge < -0.3 is 10.1 Å². The Hall–Kier alpha value is -2.40. The molecule has 0 radical (unpaired) electrons. The fourth-order valence-corrected chi connectivity index (χ4v) is 3.10. The highest BCUT2D eigenvalue weighted by Crippen LogP contribution is 2.24. The first-order valence-electron chi connectivity index (χ1n) is 8.98. The lowest BCUT2D eigenvalue weighted by molar-refractivity contribution is -0.121. The number of carbonyl (C=O) groups excluding carboxylic acids is 1. The second kappa shape index (κ2) is 8.53. The highest BCUT2D eigenvalue weighted by atomic mass is 32.1. The van der Waals surface area contributed by atoms with Crippen LogP contribution in [0.3, 0.4) is 0 Å². The zero-order chi connectivity index (χ0) is 20.2. The third-order valence-corrected chi connectivity index (χ3v) is 4.46. The number of hydrogen-bond donors (Lipinski definition) is 2. The maximum absolute atomic E-state index is 12.1. The second-order valence-corrected chi connectivity index (χ2v) is 8.25. The molecule has 0 unspecified atom stereocenters. The maximum Gasteiger partial charge on any atom is 0.264 e. The average Bonchev–Trinajstić information content (AvgIpc) is 2.56. The third-order valence-electron chi connectivity index (χ3n) is 4.26. The van der Waals surface area contributed by atoms with Crippen LogP contribution >= 0.6 is 12.2 Å². The molecule has 0 spiro atoms. The SMILES string of the molecule is Cc1cc(C)c(NC(=S)NC(=O)COc2ccc(C(C)(C)C)cc2)c(C)c1. The van der Waals surface area contributed by atoms with E-state index in [0.29, 0.717) is 5.75 Å². The molecular formula is C22H28N2O2S. The van der Waals surface area contributed by atoms with Crippen molar-refractivity contribution in [1.29, 1.82) is 0 Å². The number of amides is 1. The molecule has 0 atom stereocenters. The molecular weight excluding hydrogens is 356 g/mol. The van der Waals surface area contributed by atoms with Crippen LogP contribution in [0.25, 0.3) is 0 Å². The average molecular weight is 385 g/mol. The van der Waals surface area contributed by atoms with Crippen molar-refractivity contribution in [3.05, 3.63) is 58.7 Å².